The van der Waals surface area contributed by atoms with Gasteiger partial charge in [-0.3, -0.25) is 0 Å². The fraction of sp³-hybridized carbons (Fsp3) is 0.875. The van der Waals surface area contributed by atoms with Crippen molar-refractivity contribution in [2.45, 2.75) is 13.3 Å². The molecule has 0 saturated heterocycles. The third-order valence-corrected chi connectivity index (χ3v) is 1.68. The van der Waals surface area contributed by atoms with Crippen LogP contribution in [-0.2, 0) is 4.52 Å². The molecule has 1 unspecified atom stereocenters. The summed E-state index contributed by atoms with van der Waals surface area (Å²) in [4.78, 5) is 6.38. The fourth-order valence-electron chi connectivity index (χ4n) is 0.854. The Morgan fingerprint density at radius 3 is 2.69 bits per heavy atom. The minimum absolute atomic E-state index is 0.603. The summed E-state index contributed by atoms with van der Waals surface area (Å²) in [7, 11) is 6.31. The van der Waals surface area contributed by atoms with Crippen LogP contribution in [0.5, 0.6) is 0 Å². The van der Waals surface area contributed by atoms with Crippen LogP contribution in [0, 0.1) is 0 Å². The van der Waals surface area contributed by atoms with Gasteiger partial charge in [0, 0.05) is 13.1 Å². The lowest BCUT2D eigenvalue weighted by Gasteiger charge is -2.08. The van der Waals surface area contributed by atoms with Gasteiger partial charge in [-0.25, -0.2) is 4.99 Å². The van der Waals surface area contributed by atoms with E-state index >= 15 is 0 Å². The Morgan fingerprint density at radius 1 is 1.54 bits per heavy atom. The monoisotopic (exact) mass is 205 g/mol. The van der Waals surface area contributed by atoms with Crippen molar-refractivity contribution in [3.05, 3.63) is 0 Å². The van der Waals surface area contributed by atoms with Crippen molar-refractivity contribution < 1.29 is 4.52 Å². The molecule has 0 fully saturated rings. The van der Waals surface area contributed by atoms with Crippen LogP contribution in [-0.4, -0.2) is 44.7 Å². The molecule has 0 bridgehead atoms. The van der Waals surface area contributed by atoms with E-state index in [4.69, 9.17) is 4.52 Å². The maximum Gasteiger partial charge on any atom is 0.286 e. The molecule has 0 heterocycles. The number of hydrogen-bond donors (Lipinski definition) is 1. The Kier molecular flexibility index (Phi) is 8.05. The van der Waals surface area contributed by atoms with Gasteiger partial charge in [0.05, 0.1) is 9.47 Å². The highest BCUT2D eigenvalue weighted by Gasteiger charge is 1.94. The molecule has 0 aliphatic carbocycles. The van der Waals surface area contributed by atoms with E-state index in [1.54, 1.807) is 0 Å². The zero-order chi connectivity index (χ0) is 10.1. The lowest BCUT2D eigenvalue weighted by molar-refractivity contribution is 0.402. The van der Waals surface area contributed by atoms with Gasteiger partial charge in [0.15, 0.2) is 0 Å². The molecular formula is C8H20N3OP. The molecular weight excluding hydrogens is 185 g/mol. The van der Waals surface area contributed by atoms with Crippen LogP contribution in [0.15, 0.2) is 4.99 Å². The van der Waals surface area contributed by atoms with E-state index in [2.05, 4.69) is 38.8 Å². The van der Waals surface area contributed by atoms with Crippen molar-refractivity contribution in [3.8, 4) is 0 Å². The molecule has 13 heavy (non-hydrogen) atoms. The smallest absolute Gasteiger partial charge is 0.286 e. The first-order valence-electron chi connectivity index (χ1n) is 4.50. The van der Waals surface area contributed by atoms with Crippen LogP contribution >= 0.6 is 9.47 Å². The van der Waals surface area contributed by atoms with Crippen molar-refractivity contribution >= 4 is 15.5 Å². The molecule has 1 N–H and O–H groups in total. The molecule has 0 aliphatic heterocycles. The lowest BCUT2D eigenvalue weighted by Crippen LogP contribution is -2.23. The minimum atomic E-state index is 0.603. The number of rotatable bonds is 5. The van der Waals surface area contributed by atoms with E-state index in [1.165, 1.54) is 0 Å². The zero-order valence-corrected chi connectivity index (χ0v) is 9.86. The Balaban J connectivity index is 3.54. The summed E-state index contributed by atoms with van der Waals surface area (Å²) in [5.74, 6) is 0. The molecule has 4 nitrogen and oxygen atoms in total. The van der Waals surface area contributed by atoms with Gasteiger partial charge in [-0.15, -0.1) is 0 Å². The molecule has 0 saturated carbocycles. The van der Waals surface area contributed by atoms with Gasteiger partial charge in [0.25, 0.3) is 6.02 Å². The molecule has 1 atom stereocenters. The van der Waals surface area contributed by atoms with Gasteiger partial charge < -0.3 is 14.7 Å². The van der Waals surface area contributed by atoms with Crippen LogP contribution in [0.2, 0.25) is 0 Å². The van der Waals surface area contributed by atoms with Crippen LogP contribution in [0.25, 0.3) is 0 Å². The largest absolute Gasteiger partial charge is 0.451 e. The van der Waals surface area contributed by atoms with Crippen molar-refractivity contribution in [3.63, 3.8) is 0 Å². The lowest BCUT2D eigenvalue weighted by atomic mass is 10.4. The van der Waals surface area contributed by atoms with Crippen molar-refractivity contribution in [2.75, 3.05) is 33.7 Å². The van der Waals surface area contributed by atoms with Gasteiger partial charge in [0.1, 0.15) is 0 Å². The van der Waals surface area contributed by atoms with E-state index in [-0.39, 0.29) is 0 Å². The Labute approximate surface area is 83.0 Å². The Hall–Kier alpha value is -0.340. The summed E-state index contributed by atoms with van der Waals surface area (Å²) in [5.41, 5.74) is 0. The minimum Gasteiger partial charge on any atom is -0.451 e. The zero-order valence-electron chi connectivity index (χ0n) is 8.71. The maximum atomic E-state index is 4.94. The Morgan fingerprint density at radius 2 is 2.23 bits per heavy atom. The summed E-state index contributed by atoms with van der Waals surface area (Å²) >= 11 is 0. The van der Waals surface area contributed by atoms with E-state index in [1.807, 2.05) is 6.92 Å². The summed E-state index contributed by atoms with van der Waals surface area (Å²) in [5, 5.41) is 3.01. The topological polar surface area (TPSA) is 36.9 Å². The first-order chi connectivity index (χ1) is 6.20. The SMILES string of the molecule is CCNC(=NCCCN(C)C)OP. The highest BCUT2D eigenvalue weighted by Crippen LogP contribution is 1.90. The second kappa shape index (κ2) is 8.27. The number of nitrogens with zero attached hydrogens (tertiary/aromatic N) is 2. The van der Waals surface area contributed by atoms with E-state index in [0.29, 0.717) is 6.02 Å². The average molecular weight is 205 g/mol. The molecule has 5 heteroatoms. The quantitative estimate of drug-likeness (QED) is 0.311. The van der Waals surface area contributed by atoms with Crippen LogP contribution in [0.1, 0.15) is 13.3 Å². The molecule has 0 spiro atoms. The first kappa shape index (κ1) is 12.7. The fourth-order valence-corrected chi connectivity index (χ4v) is 1.01. The number of nitrogens with one attached hydrogen (secondary N) is 1. The molecule has 0 radical (unpaired) electrons. The number of aliphatic imine (C=N–C) groups is 1. The standard InChI is InChI=1S/C8H20N3OP/c1-4-9-8(12-13)10-6-5-7-11(2)3/h4-7,13H2,1-3H3,(H,9,10). The predicted molar refractivity (Wildman–Crippen MR) is 59.9 cm³/mol. The van der Waals surface area contributed by atoms with Crippen LogP contribution in [0.3, 0.4) is 0 Å². The molecule has 0 aromatic carbocycles. The Bertz CT molecular complexity index is 150. The maximum absolute atomic E-state index is 4.94. The van der Waals surface area contributed by atoms with Crippen LogP contribution in [0.4, 0.5) is 0 Å². The normalized spacial score (nSPS) is 11.9. The summed E-state index contributed by atoms with van der Waals surface area (Å²) < 4.78 is 4.94. The second-order valence-corrected chi connectivity index (χ2v) is 3.23. The van der Waals surface area contributed by atoms with Gasteiger partial charge in [-0.2, -0.15) is 0 Å². The van der Waals surface area contributed by atoms with Gasteiger partial charge in [-0.05, 0) is 34.0 Å². The third kappa shape index (κ3) is 8.00. The summed E-state index contributed by atoms with van der Waals surface area (Å²) in [6.45, 7) is 4.70. The molecule has 0 aliphatic rings. The van der Waals surface area contributed by atoms with E-state index in [0.717, 1.165) is 26.1 Å². The second-order valence-electron chi connectivity index (χ2n) is 2.99. The average Bonchev–Trinajstić information content (AvgIpc) is 2.10. The highest BCUT2D eigenvalue weighted by molar-refractivity contribution is 7.10. The molecule has 78 valence electrons. The van der Waals surface area contributed by atoms with Gasteiger partial charge in [0.2, 0.25) is 0 Å². The summed E-state index contributed by atoms with van der Waals surface area (Å²) in [6.07, 6.45) is 1.05. The van der Waals surface area contributed by atoms with Crippen molar-refractivity contribution in [2.24, 2.45) is 4.99 Å². The predicted octanol–water partition coefficient (Wildman–Crippen LogP) is 0.710. The number of hydrogen-bond acceptors (Lipinski definition) is 3. The van der Waals surface area contributed by atoms with Crippen molar-refractivity contribution in [1.82, 2.24) is 10.2 Å². The number of amidine groups is 1. The summed E-state index contributed by atoms with van der Waals surface area (Å²) in [6, 6.07) is 0.603. The molecule has 0 aromatic heterocycles. The first-order valence-corrected chi connectivity index (χ1v) is 4.97. The molecule has 0 amide bonds. The van der Waals surface area contributed by atoms with Crippen molar-refractivity contribution in [1.29, 1.82) is 0 Å². The van der Waals surface area contributed by atoms with E-state index < -0.39 is 0 Å². The van der Waals surface area contributed by atoms with Gasteiger partial charge >= 0.3 is 0 Å². The highest BCUT2D eigenvalue weighted by atomic mass is 31.0. The molecule has 0 aromatic rings. The third-order valence-electron chi connectivity index (χ3n) is 1.46. The molecule has 0 rings (SSSR count). The van der Waals surface area contributed by atoms with Gasteiger partial charge in [-0.1, -0.05) is 0 Å². The van der Waals surface area contributed by atoms with Crippen LogP contribution < -0.4 is 5.32 Å². The van der Waals surface area contributed by atoms with E-state index in [9.17, 15) is 0 Å².